The quantitative estimate of drug-likeness (QED) is 0.224. The van der Waals surface area contributed by atoms with Gasteiger partial charge in [-0.1, -0.05) is 37.6 Å². The molecule has 1 saturated heterocycles. The molecular weight excluding hydrogens is 564 g/mol. The van der Waals surface area contributed by atoms with Crippen molar-refractivity contribution in [3.63, 3.8) is 0 Å². The van der Waals surface area contributed by atoms with E-state index in [1.54, 1.807) is 36.4 Å². The van der Waals surface area contributed by atoms with Gasteiger partial charge in [-0.15, -0.1) is 0 Å². The molecule has 4 aliphatic rings. The molecule has 2 aromatic rings. The molecule has 222 valence electrons. The van der Waals surface area contributed by atoms with Crippen LogP contribution in [0.4, 0.5) is 0 Å². The Hall–Kier alpha value is -4.07. The Morgan fingerprint density at radius 3 is 2.62 bits per heavy atom. The lowest BCUT2D eigenvalue weighted by molar-refractivity contribution is -0.230. The summed E-state index contributed by atoms with van der Waals surface area (Å²) in [6, 6.07) is 8.70. The van der Waals surface area contributed by atoms with E-state index in [0.29, 0.717) is 22.9 Å². The number of benzene rings is 2. The second-order valence-corrected chi connectivity index (χ2v) is 12.1. The highest BCUT2D eigenvalue weighted by Gasteiger charge is 2.73. The molecule has 0 aromatic heterocycles. The Bertz CT molecular complexity index is 1510. The number of para-hydroxylation sites is 1. The number of guanidine groups is 2. The summed E-state index contributed by atoms with van der Waals surface area (Å²) in [7, 11) is 0. The van der Waals surface area contributed by atoms with Crippen molar-refractivity contribution in [1.29, 1.82) is 0 Å². The van der Waals surface area contributed by atoms with Crippen molar-refractivity contribution >= 4 is 35.3 Å². The topological polar surface area (TPSA) is 200 Å². The van der Waals surface area contributed by atoms with Crippen LogP contribution in [0.2, 0.25) is 5.02 Å². The Morgan fingerprint density at radius 1 is 1.14 bits per heavy atom. The lowest BCUT2D eigenvalue weighted by Gasteiger charge is -2.49. The molecule has 0 radical (unpaired) electrons. The molecule has 13 nitrogen and oxygen atoms in total. The Balaban J connectivity index is 1.26. The Labute approximate surface area is 247 Å². The van der Waals surface area contributed by atoms with Gasteiger partial charge in [-0.2, -0.15) is 0 Å². The van der Waals surface area contributed by atoms with Crippen LogP contribution in [0.25, 0.3) is 0 Å². The van der Waals surface area contributed by atoms with Gasteiger partial charge in [-0.25, -0.2) is 9.98 Å². The zero-order valence-electron chi connectivity index (χ0n) is 23.1. The van der Waals surface area contributed by atoms with Crippen LogP contribution in [-0.2, 0) is 5.41 Å². The molecule has 3 unspecified atom stereocenters. The molecule has 4 atom stereocenters. The molecule has 14 heteroatoms. The number of rotatable bonds is 5. The van der Waals surface area contributed by atoms with Crippen LogP contribution >= 0.6 is 11.6 Å². The van der Waals surface area contributed by atoms with Gasteiger partial charge in [0.1, 0.15) is 17.8 Å². The van der Waals surface area contributed by atoms with E-state index in [1.165, 1.54) is 4.90 Å². The van der Waals surface area contributed by atoms with E-state index in [1.807, 2.05) is 6.07 Å². The van der Waals surface area contributed by atoms with E-state index in [9.17, 15) is 19.8 Å². The molecule has 4 heterocycles. The first-order valence-electron chi connectivity index (χ1n) is 13.6. The van der Waals surface area contributed by atoms with Gasteiger partial charge in [0.15, 0.2) is 17.6 Å². The van der Waals surface area contributed by atoms with E-state index in [4.69, 9.17) is 27.8 Å². The molecule has 9 N–H and O–H groups in total. The summed E-state index contributed by atoms with van der Waals surface area (Å²) < 4.78 is 5.90. The maximum absolute atomic E-state index is 13.6. The maximum Gasteiger partial charge on any atom is 0.255 e. The summed E-state index contributed by atoms with van der Waals surface area (Å²) in [5.41, 5.74) is 12.0. The number of halogens is 1. The summed E-state index contributed by atoms with van der Waals surface area (Å²) in [5.74, 6) is -3.15. The first kappa shape index (κ1) is 28.1. The summed E-state index contributed by atoms with van der Waals surface area (Å²) in [5, 5.41) is 32.4. The van der Waals surface area contributed by atoms with Gasteiger partial charge >= 0.3 is 0 Å². The average molecular weight is 597 g/mol. The van der Waals surface area contributed by atoms with Crippen LogP contribution in [0.15, 0.2) is 52.4 Å². The highest BCUT2D eigenvalue weighted by atomic mass is 35.5. The predicted molar refractivity (Wildman–Crippen MR) is 155 cm³/mol. The third-order valence-electron chi connectivity index (χ3n) is 8.65. The number of aliphatic hydroxyl groups is 2. The number of nitrogens with two attached hydrogens (primary N) is 2. The monoisotopic (exact) mass is 596 g/mol. The van der Waals surface area contributed by atoms with Gasteiger partial charge in [0.2, 0.25) is 5.79 Å². The number of hydrogen-bond donors (Lipinski definition) is 7. The normalized spacial score (nSPS) is 28.2. The minimum Gasteiger partial charge on any atom is -0.492 e. The number of ether oxygens (including phenoxy) is 1. The second kappa shape index (κ2) is 9.75. The molecule has 2 aromatic carbocycles. The molecule has 0 bridgehead atoms. The maximum atomic E-state index is 13.6. The number of nitrogens with zero attached hydrogens (tertiary/aromatic N) is 3. The van der Waals surface area contributed by atoms with Gasteiger partial charge < -0.3 is 47.3 Å². The predicted octanol–water partition coefficient (Wildman–Crippen LogP) is -0.395. The number of hydrogen-bond acceptors (Lipinski definition) is 11. The number of aliphatic imine (C=N–C) groups is 2. The first-order valence-corrected chi connectivity index (χ1v) is 14.0. The number of amides is 2. The molecule has 2 amide bonds. The van der Waals surface area contributed by atoms with E-state index in [-0.39, 0.29) is 41.9 Å². The van der Waals surface area contributed by atoms with E-state index >= 15 is 0 Å². The number of fused-ring (bicyclic) bond motifs is 1. The Morgan fingerprint density at radius 2 is 1.88 bits per heavy atom. The molecule has 1 spiro atoms. The van der Waals surface area contributed by atoms with Crippen LogP contribution < -0.4 is 32.2 Å². The zero-order valence-corrected chi connectivity index (χ0v) is 23.9. The first-order chi connectivity index (χ1) is 19.8. The zero-order chi connectivity index (χ0) is 30.0. The summed E-state index contributed by atoms with van der Waals surface area (Å²) in [6.45, 7) is 4.50. The smallest absolute Gasteiger partial charge is 0.255 e. The molecule has 0 aliphatic carbocycles. The lowest BCUT2D eigenvalue weighted by atomic mass is 9.79. The minimum atomic E-state index is -2.62. The van der Waals surface area contributed by atoms with Crippen molar-refractivity contribution in [1.82, 2.24) is 20.9 Å². The van der Waals surface area contributed by atoms with Crippen LogP contribution in [0.1, 0.15) is 46.5 Å². The lowest BCUT2D eigenvalue weighted by Crippen LogP contribution is -2.78. The van der Waals surface area contributed by atoms with Gasteiger partial charge in [0.25, 0.3) is 11.8 Å². The van der Waals surface area contributed by atoms with Crippen molar-refractivity contribution in [2.45, 2.75) is 55.3 Å². The fraction of sp³-hybridized carbons (Fsp3) is 0.429. The molecular formula is C28H33ClN8O5. The van der Waals surface area contributed by atoms with Gasteiger partial charge in [0, 0.05) is 29.2 Å². The molecule has 6 rings (SSSR count). The SMILES string of the molecule is CC1(C)CCOc2c(C(=O)NC3CN4C(N)=N[C@@H](CNC(=O)c5ccc(Cl)cc5)C5N=C(N)NC54C3(O)O)cccc21. The molecule has 0 saturated carbocycles. The fourth-order valence-corrected chi connectivity index (χ4v) is 6.46. The average Bonchev–Trinajstić information content (AvgIpc) is 3.41. The largest absolute Gasteiger partial charge is 0.492 e. The number of carbonyl (C=O) groups is 2. The Kier molecular flexibility index (Phi) is 6.52. The third kappa shape index (κ3) is 4.22. The van der Waals surface area contributed by atoms with E-state index < -0.39 is 35.5 Å². The van der Waals surface area contributed by atoms with Crippen molar-refractivity contribution in [2.75, 3.05) is 19.7 Å². The van der Waals surface area contributed by atoms with E-state index in [0.717, 1.165) is 12.0 Å². The van der Waals surface area contributed by atoms with Crippen molar-refractivity contribution in [3.05, 3.63) is 64.2 Å². The van der Waals surface area contributed by atoms with Crippen LogP contribution in [-0.4, -0.2) is 88.1 Å². The van der Waals surface area contributed by atoms with Gasteiger partial charge in [-0.3, -0.25) is 9.59 Å². The second-order valence-electron chi connectivity index (χ2n) is 11.6. The number of carbonyl (C=O) groups excluding carboxylic acids is 2. The molecule has 4 aliphatic heterocycles. The van der Waals surface area contributed by atoms with Gasteiger partial charge in [0.05, 0.1) is 18.2 Å². The van der Waals surface area contributed by atoms with Crippen molar-refractivity contribution < 1.29 is 24.5 Å². The summed E-state index contributed by atoms with van der Waals surface area (Å²) in [6.07, 6.45) is 0.802. The molecule has 42 heavy (non-hydrogen) atoms. The van der Waals surface area contributed by atoms with Crippen molar-refractivity contribution in [3.8, 4) is 5.75 Å². The highest BCUT2D eigenvalue weighted by Crippen LogP contribution is 2.45. The fourth-order valence-electron chi connectivity index (χ4n) is 6.34. The highest BCUT2D eigenvalue weighted by molar-refractivity contribution is 6.30. The molecule has 1 fully saturated rings. The minimum absolute atomic E-state index is 0.0270. The summed E-state index contributed by atoms with van der Waals surface area (Å²) in [4.78, 5) is 36.7. The standard InChI is InChI=1S/C28H33ClN8O5/c1-26(2)10-11-42-20-16(4-3-5-17(20)26)23(39)34-19-13-37-25(31)33-18(12-32-22(38)14-6-8-15(29)9-7-14)21-27(37,28(19,40)41)36-24(30)35-21/h3-9,18-19,21,40-41H,10-13H2,1-2H3,(H2,31,33)(H,32,38)(H,34,39)(H3,30,35,36)/t18-,19?,21?,27?/m0/s1. The van der Waals surface area contributed by atoms with E-state index in [2.05, 4.69) is 39.8 Å². The van der Waals surface area contributed by atoms with Crippen LogP contribution in [0.5, 0.6) is 5.75 Å². The van der Waals surface area contributed by atoms with Crippen molar-refractivity contribution in [2.24, 2.45) is 21.5 Å². The van der Waals surface area contributed by atoms with Crippen LogP contribution in [0.3, 0.4) is 0 Å². The third-order valence-corrected chi connectivity index (χ3v) is 8.90. The van der Waals surface area contributed by atoms with Gasteiger partial charge in [-0.05, 0) is 42.2 Å². The summed E-state index contributed by atoms with van der Waals surface area (Å²) >= 11 is 5.92. The van der Waals surface area contributed by atoms with Crippen LogP contribution in [0, 0.1) is 0 Å². The number of nitrogens with one attached hydrogen (secondary N) is 3.